The van der Waals surface area contributed by atoms with Gasteiger partial charge in [0.2, 0.25) is 0 Å². The van der Waals surface area contributed by atoms with Crippen LogP contribution in [0.3, 0.4) is 0 Å². The van der Waals surface area contributed by atoms with E-state index in [0.717, 1.165) is 35.3 Å². The first-order valence-electron chi connectivity index (χ1n) is 5.30. The molecule has 88 valence electrons. The molecule has 0 atom stereocenters. The summed E-state index contributed by atoms with van der Waals surface area (Å²) in [5, 5.41) is 0.566. The normalized spacial score (nSPS) is 17.8. The summed E-state index contributed by atoms with van der Waals surface area (Å²) in [6, 6.07) is 3.94. The maximum absolute atomic E-state index is 5.96. The van der Waals surface area contributed by atoms with Crippen molar-refractivity contribution in [1.29, 1.82) is 0 Å². The highest BCUT2D eigenvalue weighted by atomic mass is 127. The van der Waals surface area contributed by atoms with Crippen LogP contribution < -0.4 is 4.90 Å². The van der Waals surface area contributed by atoms with Gasteiger partial charge < -0.3 is 9.64 Å². The molecule has 16 heavy (non-hydrogen) atoms. The molecule has 3 nitrogen and oxygen atoms in total. The Bertz CT molecular complexity index is 347. The van der Waals surface area contributed by atoms with Crippen LogP contribution in [0.1, 0.15) is 12.8 Å². The molecule has 1 aromatic rings. The van der Waals surface area contributed by atoms with Crippen LogP contribution in [0.5, 0.6) is 0 Å². The quantitative estimate of drug-likeness (QED) is 0.604. The highest BCUT2D eigenvalue weighted by Gasteiger charge is 2.19. The van der Waals surface area contributed by atoms with E-state index in [-0.39, 0.29) is 0 Å². The number of nitrogens with zero attached hydrogens (tertiary/aromatic N) is 2. The van der Waals surface area contributed by atoms with Gasteiger partial charge in [-0.25, -0.2) is 4.98 Å². The molecule has 2 rings (SSSR count). The largest absolute Gasteiger partial charge is 0.381 e. The van der Waals surface area contributed by atoms with Gasteiger partial charge >= 0.3 is 0 Å². The molecule has 0 aliphatic carbocycles. The van der Waals surface area contributed by atoms with E-state index in [1.54, 1.807) is 7.11 Å². The van der Waals surface area contributed by atoms with Crippen molar-refractivity contribution in [3.63, 3.8) is 0 Å². The molecule has 0 unspecified atom stereocenters. The van der Waals surface area contributed by atoms with E-state index in [9.17, 15) is 0 Å². The molecule has 0 saturated carbocycles. The molecule has 1 aromatic heterocycles. The van der Waals surface area contributed by atoms with E-state index < -0.39 is 0 Å². The lowest BCUT2D eigenvalue weighted by molar-refractivity contribution is 0.0818. The summed E-state index contributed by atoms with van der Waals surface area (Å²) in [7, 11) is 1.78. The zero-order chi connectivity index (χ0) is 11.5. The molecule has 1 fully saturated rings. The fraction of sp³-hybridized carbons (Fsp3) is 0.545. The Hall–Kier alpha value is -0.0700. The fourth-order valence-electron chi connectivity index (χ4n) is 1.94. The van der Waals surface area contributed by atoms with Crippen molar-refractivity contribution in [2.75, 3.05) is 25.1 Å². The highest BCUT2D eigenvalue weighted by Crippen LogP contribution is 2.23. The minimum Gasteiger partial charge on any atom is -0.381 e. The predicted molar refractivity (Wildman–Crippen MR) is 74.2 cm³/mol. The number of methoxy groups -OCH3 is 1. The van der Waals surface area contributed by atoms with Crippen molar-refractivity contribution in [2.45, 2.75) is 18.9 Å². The Kier molecular flexibility index (Phi) is 4.27. The van der Waals surface area contributed by atoms with Gasteiger partial charge in [-0.3, -0.25) is 0 Å². The third-order valence-electron chi connectivity index (χ3n) is 2.84. The smallest absolute Gasteiger partial charge is 0.132 e. The van der Waals surface area contributed by atoms with Gasteiger partial charge in [0.1, 0.15) is 11.0 Å². The van der Waals surface area contributed by atoms with Gasteiger partial charge in [-0.15, -0.1) is 0 Å². The van der Waals surface area contributed by atoms with Gasteiger partial charge in [-0.2, -0.15) is 0 Å². The molecule has 0 N–H and O–H groups in total. The average Bonchev–Trinajstić information content (AvgIpc) is 2.28. The van der Waals surface area contributed by atoms with Gasteiger partial charge in [-0.05, 0) is 47.6 Å². The molecule has 0 radical (unpaired) electrons. The van der Waals surface area contributed by atoms with E-state index in [2.05, 4.69) is 38.5 Å². The van der Waals surface area contributed by atoms with Crippen molar-refractivity contribution in [1.82, 2.24) is 4.98 Å². The van der Waals surface area contributed by atoms with Crippen LogP contribution in [0.4, 0.5) is 5.82 Å². The molecule has 5 heteroatoms. The third kappa shape index (κ3) is 2.99. The van der Waals surface area contributed by atoms with Crippen LogP contribution >= 0.6 is 34.2 Å². The van der Waals surface area contributed by atoms with E-state index in [1.807, 2.05) is 6.07 Å². The minimum atomic E-state index is 0.398. The maximum Gasteiger partial charge on any atom is 0.132 e. The first-order chi connectivity index (χ1) is 7.69. The van der Waals surface area contributed by atoms with Gasteiger partial charge in [0.25, 0.3) is 0 Å². The summed E-state index contributed by atoms with van der Waals surface area (Å²) in [6.45, 7) is 1.98. The van der Waals surface area contributed by atoms with Gasteiger partial charge in [0.05, 0.1) is 6.10 Å². The number of hydrogen-bond donors (Lipinski definition) is 0. The minimum absolute atomic E-state index is 0.398. The Morgan fingerprint density at radius 2 is 2.12 bits per heavy atom. The molecule has 1 aliphatic heterocycles. The molecule has 1 saturated heterocycles. The van der Waals surface area contributed by atoms with Crippen molar-refractivity contribution < 1.29 is 4.74 Å². The Morgan fingerprint density at radius 1 is 1.44 bits per heavy atom. The van der Waals surface area contributed by atoms with Crippen molar-refractivity contribution in [2.24, 2.45) is 0 Å². The lowest BCUT2D eigenvalue weighted by Gasteiger charge is -2.32. The summed E-state index contributed by atoms with van der Waals surface area (Å²) in [5.41, 5.74) is 0. The maximum atomic E-state index is 5.96. The predicted octanol–water partition coefficient (Wildman–Crippen LogP) is 2.95. The second-order valence-corrected chi connectivity index (χ2v) is 5.52. The van der Waals surface area contributed by atoms with Crippen molar-refractivity contribution in [3.05, 3.63) is 20.9 Å². The summed E-state index contributed by atoms with van der Waals surface area (Å²) < 4.78 is 6.47. The van der Waals surface area contributed by atoms with Gasteiger partial charge in [0.15, 0.2) is 0 Å². The second-order valence-electron chi connectivity index (χ2n) is 3.89. The Morgan fingerprint density at radius 3 is 2.69 bits per heavy atom. The van der Waals surface area contributed by atoms with E-state index in [4.69, 9.17) is 16.3 Å². The van der Waals surface area contributed by atoms with Gasteiger partial charge in [0, 0.05) is 23.8 Å². The molecule has 0 bridgehead atoms. The molecular formula is C11H14ClIN2O. The number of halogens is 2. The molecule has 0 aromatic carbocycles. The number of ether oxygens (including phenoxy) is 1. The number of aromatic nitrogens is 1. The fourth-order valence-corrected chi connectivity index (χ4v) is 2.90. The summed E-state index contributed by atoms with van der Waals surface area (Å²) in [4.78, 5) is 6.62. The Balaban J connectivity index is 2.08. The average molecular weight is 353 g/mol. The van der Waals surface area contributed by atoms with Crippen LogP contribution in [0.25, 0.3) is 0 Å². The lowest BCUT2D eigenvalue weighted by Crippen LogP contribution is -2.37. The lowest BCUT2D eigenvalue weighted by atomic mass is 10.1. The molecule has 2 heterocycles. The topological polar surface area (TPSA) is 25.4 Å². The van der Waals surface area contributed by atoms with E-state index >= 15 is 0 Å². The molecule has 0 amide bonds. The van der Waals surface area contributed by atoms with Crippen LogP contribution in [0, 0.1) is 3.57 Å². The number of pyridine rings is 1. The zero-order valence-electron chi connectivity index (χ0n) is 9.12. The third-order valence-corrected chi connectivity index (χ3v) is 3.66. The second kappa shape index (κ2) is 5.51. The molecule has 0 spiro atoms. The Labute approximate surface area is 114 Å². The van der Waals surface area contributed by atoms with Crippen LogP contribution in [0.15, 0.2) is 12.1 Å². The number of rotatable bonds is 2. The number of hydrogen-bond acceptors (Lipinski definition) is 3. The van der Waals surface area contributed by atoms with Crippen molar-refractivity contribution in [3.8, 4) is 0 Å². The van der Waals surface area contributed by atoms with Crippen LogP contribution in [-0.2, 0) is 4.74 Å². The SMILES string of the molecule is COC1CCN(c2cc(I)cc(Cl)n2)CC1. The number of piperidine rings is 1. The molecule has 1 aliphatic rings. The standard InChI is InChI=1S/C11H14ClIN2O/c1-16-9-2-4-15(5-3-9)11-7-8(13)6-10(12)14-11/h6-7,9H,2-5H2,1H3. The summed E-state index contributed by atoms with van der Waals surface area (Å²) >= 11 is 8.22. The summed E-state index contributed by atoms with van der Waals surface area (Å²) in [5.74, 6) is 0.978. The molecular weight excluding hydrogens is 338 g/mol. The first kappa shape index (κ1) is 12.4. The van der Waals surface area contributed by atoms with Crippen LogP contribution in [0.2, 0.25) is 5.15 Å². The summed E-state index contributed by atoms with van der Waals surface area (Å²) in [6.07, 6.45) is 2.51. The van der Waals surface area contributed by atoms with Gasteiger partial charge in [-0.1, -0.05) is 11.6 Å². The van der Waals surface area contributed by atoms with Crippen molar-refractivity contribution >= 4 is 40.0 Å². The van der Waals surface area contributed by atoms with E-state index in [1.165, 1.54) is 0 Å². The monoisotopic (exact) mass is 352 g/mol. The first-order valence-corrected chi connectivity index (χ1v) is 6.75. The number of anilines is 1. The zero-order valence-corrected chi connectivity index (χ0v) is 12.0. The highest BCUT2D eigenvalue weighted by molar-refractivity contribution is 14.1. The van der Waals surface area contributed by atoms with Crippen LogP contribution in [-0.4, -0.2) is 31.3 Å². The van der Waals surface area contributed by atoms with E-state index in [0.29, 0.717) is 11.3 Å².